The van der Waals surface area contributed by atoms with Crippen LogP contribution in [0.3, 0.4) is 0 Å². The highest BCUT2D eigenvalue weighted by molar-refractivity contribution is 5.55. The van der Waals surface area contributed by atoms with E-state index in [4.69, 9.17) is 0 Å². The first-order valence-electron chi connectivity index (χ1n) is 6.51. The molecule has 20 heavy (non-hydrogen) atoms. The van der Waals surface area contributed by atoms with Gasteiger partial charge in [-0.2, -0.15) is 0 Å². The quantitative estimate of drug-likeness (QED) is 0.685. The van der Waals surface area contributed by atoms with Crippen LogP contribution in [0.2, 0.25) is 0 Å². The first kappa shape index (κ1) is 14.1. The Balaban J connectivity index is 2.15. The molecule has 5 nitrogen and oxygen atoms in total. The van der Waals surface area contributed by atoms with Crippen LogP contribution in [-0.4, -0.2) is 9.49 Å². The summed E-state index contributed by atoms with van der Waals surface area (Å²) in [5, 5.41) is 14.1. The zero-order valence-electron chi connectivity index (χ0n) is 12.2. The lowest BCUT2D eigenvalue weighted by atomic mass is 10.1. The number of hydrogen-bond donors (Lipinski definition) is 1. The third kappa shape index (κ3) is 2.66. The number of rotatable bonds is 4. The van der Waals surface area contributed by atoms with Gasteiger partial charge in [0.25, 0.3) is 5.69 Å². The molecule has 5 heteroatoms. The van der Waals surface area contributed by atoms with Crippen LogP contribution in [0.4, 0.5) is 11.4 Å². The van der Waals surface area contributed by atoms with Crippen LogP contribution < -0.4 is 5.32 Å². The van der Waals surface area contributed by atoms with E-state index >= 15 is 0 Å². The summed E-state index contributed by atoms with van der Waals surface area (Å²) in [5.41, 5.74) is 5.62. The van der Waals surface area contributed by atoms with Crippen molar-refractivity contribution in [3.63, 3.8) is 0 Å². The summed E-state index contributed by atoms with van der Waals surface area (Å²) in [6.07, 6.45) is 0. The minimum Gasteiger partial charge on any atom is -0.381 e. The van der Waals surface area contributed by atoms with E-state index in [1.807, 2.05) is 14.0 Å². The molecule has 0 saturated heterocycles. The first-order chi connectivity index (χ1) is 9.40. The van der Waals surface area contributed by atoms with Crippen molar-refractivity contribution in [3.05, 3.63) is 56.9 Å². The average Bonchev–Trinajstić information content (AvgIpc) is 2.64. The highest BCUT2D eigenvalue weighted by atomic mass is 16.6. The second kappa shape index (κ2) is 5.36. The largest absolute Gasteiger partial charge is 0.381 e. The molecular formula is C15H19N3O2. The van der Waals surface area contributed by atoms with Crippen LogP contribution in [0.25, 0.3) is 0 Å². The fraction of sp³-hybridized carbons (Fsp3) is 0.333. The predicted octanol–water partition coefficient (Wildman–Crippen LogP) is 3.47. The summed E-state index contributed by atoms with van der Waals surface area (Å²) in [4.78, 5) is 10.3. The molecule has 0 atom stereocenters. The molecule has 2 rings (SSSR count). The zero-order chi connectivity index (χ0) is 14.9. The molecule has 0 bridgehead atoms. The van der Waals surface area contributed by atoms with Crippen LogP contribution in [0, 0.1) is 30.9 Å². The number of anilines is 1. The molecule has 2 aromatic rings. The summed E-state index contributed by atoms with van der Waals surface area (Å²) in [5.74, 6) is 0. The molecule has 0 spiro atoms. The van der Waals surface area contributed by atoms with Crippen molar-refractivity contribution in [2.75, 3.05) is 5.32 Å². The third-order valence-electron chi connectivity index (χ3n) is 3.77. The van der Waals surface area contributed by atoms with Gasteiger partial charge in [0.2, 0.25) is 0 Å². The molecule has 0 radical (unpaired) electrons. The number of nitrogens with zero attached hydrogens (tertiary/aromatic N) is 2. The van der Waals surface area contributed by atoms with Gasteiger partial charge in [0.15, 0.2) is 0 Å². The monoisotopic (exact) mass is 273 g/mol. The van der Waals surface area contributed by atoms with Crippen LogP contribution in [0.1, 0.15) is 22.5 Å². The molecule has 106 valence electrons. The Bertz CT molecular complexity index is 659. The second-order valence-corrected chi connectivity index (χ2v) is 5.07. The Hall–Kier alpha value is -2.30. The standard InChI is InChI=1S/C15H19N3O2/c1-10-7-14(18(19)20)5-6-15(10)16-9-13-8-11(2)17(4)12(13)3/h5-8,16H,9H2,1-4H3. The van der Waals surface area contributed by atoms with Crippen molar-refractivity contribution in [1.82, 2.24) is 4.57 Å². The molecule has 0 saturated carbocycles. The van der Waals surface area contributed by atoms with Gasteiger partial charge in [-0.15, -0.1) is 0 Å². The van der Waals surface area contributed by atoms with Crippen molar-refractivity contribution >= 4 is 11.4 Å². The average molecular weight is 273 g/mol. The number of nitrogens with one attached hydrogen (secondary N) is 1. The Kier molecular flexibility index (Phi) is 3.79. The molecule has 0 amide bonds. The Morgan fingerprint density at radius 2 is 1.95 bits per heavy atom. The van der Waals surface area contributed by atoms with Gasteiger partial charge in [0.1, 0.15) is 0 Å². The SMILES string of the molecule is Cc1cc([N+](=O)[O-])ccc1NCc1cc(C)n(C)c1C. The van der Waals surface area contributed by atoms with E-state index in [0.29, 0.717) is 6.54 Å². The molecule has 0 aliphatic rings. The van der Waals surface area contributed by atoms with Gasteiger partial charge in [-0.3, -0.25) is 10.1 Å². The van der Waals surface area contributed by atoms with Gasteiger partial charge < -0.3 is 9.88 Å². The summed E-state index contributed by atoms with van der Waals surface area (Å²) in [6, 6.07) is 7.03. The Morgan fingerprint density at radius 3 is 2.45 bits per heavy atom. The van der Waals surface area contributed by atoms with Crippen molar-refractivity contribution < 1.29 is 4.92 Å². The van der Waals surface area contributed by atoms with E-state index < -0.39 is 0 Å². The normalized spacial score (nSPS) is 10.6. The van der Waals surface area contributed by atoms with Crippen LogP contribution >= 0.6 is 0 Å². The van der Waals surface area contributed by atoms with Crippen molar-refractivity contribution in [3.8, 4) is 0 Å². The highest BCUT2D eigenvalue weighted by Gasteiger charge is 2.09. The number of hydrogen-bond acceptors (Lipinski definition) is 3. The van der Waals surface area contributed by atoms with Crippen LogP contribution in [0.15, 0.2) is 24.3 Å². The van der Waals surface area contributed by atoms with Crippen LogP contribution in [-0.2, 0) is 13.6 Å². The third-order valence-corrected chi connectivity index (χ3v) is 3.77. The van der Waals surface area contributed by atoms with Gasteiger partial charge >= 0.3 is 0 Å². The number of benzene rings is 1. The maximum atomic E-state index is 10.7. The molecule has 0 unspecified atom stereocenters. The molecule has 1 aromatic carbocycles. The van der Waals surface area contributed by atoms with Crippen molar-refractivity contribution in [1.29, 1.82) is 0 Å². The number of aryl methyl sites for hydroxylation is 2. The fourth-order valence-corrected chi connectivity index (χ4v) is 2.26. The topological polar surface area (TPSA) is 60.1 Å². The number of aromatic nitrogens is 1. The maximum Gasteiger partial charge on any atom is 0.269 e. The maximum absolute atomic E-state index is 10.7. The van der Waals surface area contributed by atoms with E-state index in [0.717, 1.165) is 11.3 Å². The molecule has 1 aromatic heterocycles. The van der Waals surface area contributed by atoms with E-state index in [-0.39, 0.29) is 10.6 Å². The van der Waals surface area contributed by atoms with Gasteiger partial charge in [0.05, 0.1) is 4.92 Å². The number of nitro benzene ring substituents is 1. The van der Waals surface area contributed by atoms with Gasteiger partial charge in [-0.05, 0) is 44.0 Å². The van der Waals surface area contributed by atoms with E-state index in [2.05, 4.69) is 29.8 Å². The van der Waals surface area contributed by atoms with Gasteiger partial charge in [0, 0.05) is 42.8 Å². The molecule has 1 heterocycles. The van der Waals surface area contributed by atoms with Crippen molar-refractivity contribution in [2.24, 2.45) is 7.05 Å². The molecular weight excluding hydrogens is 254 g/mol. The fourth-order valence-electron chi connectivity index (χ4n) is 2.26. The van der Waals surface area contributed by atoms with E-state index in [1.165, 1.54) is 23.0 Å². The van der Waals surface area contributed by atoms with E-state index in [1.54, 1.807) is 12.1 Å². The second-order valence-electron chi connectivity index (χ2n) is 5.07. The lowest BCUT2D eigenvalue weighted by molar-refractivity contribution is -0.384. The summed E-state index contributed by atoms with van der Waals surface area (Å²) >= 11 is 0. The molecule has 0 fully saturated rings. The number of nitro groups is 1. The number of non-ortho nitro benzene ring substituents is 1. The van der Waals surface area contributed by atoms with E-state index in [9.17, 15) is 10.1 Å². The summed E-state index contributed by atoms with van der Waals surface area (Å²) < 4.78 is 2.15. The highest BCUT2D eigenvalue weighted by Crippen LogP contribution is 2.22. The van der Waals surface area contributed by atoms with Crippen LogP contribution in [0.5, 0.6) is 0 Å². The summed E-state index contributed by atoms with van der Waals surface area (Å²) in [7, 11) is 2.05. The lowest BCUT2D eigenvalue weighted by Gasteiger charge is -2.09. The Labute approximate surface area is 118 Å². The van der Waals surface area contributed by atoms with Gasteiger partial charge in [-0.1, -0.05) is 0 Å². The summed E-state index contributed by atoms with van der Waals surface area (Å²) in [6.45, 7) is 6.75. The Morgan fingerprint density at radius 1 is 1.25 bits per heavy atom. The van der Waals surface area contributed by atoms with Gasteiger partial charge in [-0.25, -0.2) is 0 Å². The molecule has 1 N–H and O–H groups in total. The first-order valence-corrected chi connectivity index (χ1v) is 6.51. The lowest BCUT2D eigenvalue weighted by Crippen LogP contribution is -2.03. The predicted molar refractivity (Wildman–Crippen MR) is 80.0 cm³/mol. The molecule has 0 aliphatic heterocycles. The molecule has 0 aliphatic carbocycles. The zero-order valence-corrected chi connectivity index (χ0v) is 12.2. The van der Waals surface area contributed by atoms with Crippen molar-refractivity contribution in [2.45, 2.75) is 27.3 Å². The minimum atomic E-state index is -0.374. The smallest absolute Gasteiger partial charge is 0.269 e. The minimum absolute atomic E-state index is 0.125.